The van der Waals surface area contributed by atoms with Crippen molar-refractivity contribution in [2.75, 3.05) is 0 Å². The van der Waals surface area contributed by atoms with Crippen LogP contribution in [-0.2, 0) is 12.4 Å². The summed E-state index contributed by atoms with van der Waals surface area (Å²) in [6, 6.07) is 5.02. The highest BCUT2D eigenvalue weighted by atomic mass is 35.5. The average molecular weight is 269 g/mol. The lowest BCUT2D eigenvalue weighted by Gasteiger charge is -2.09. The Morgan fingerprint density at radius 2 is 2.12 bits per heavy atom. The van der Waals surface area contributed by atoms with E-state index in [1.54, 1.807) is 35.3 Å². The highest BCUT2D eigenvalue weighted by molar-refractivity contribution is 6.32. The van der Waals surface area contributed by atoms with Gasteiger partial charge in [0.15, 0.2) is 0 Å². The van der Waals surface area contributed by atoms with Crippen molar-refractivity contribution in [1.82, 2.24) is 9.55 Å². The van der Waals surface area contributed by atoms with Crippen molar-refractivity contribution in [1.29, 1.82) is 0 Å². The molecule has 0 saturated heterocycles. The quantitative estimate of drug-likeness (QED) is 0.803. The second kappa shape index (κ2) is 5.34. The van der Waals surface area contributed by atoms with Crippen LogP contribution in [0, 0.1) is 0 Å². The summed E-state index contributed by atoms with van der Waals surface area (Å²) < 4.78 is 1.59. The topological polar surface area (TPSA) is 34.9 Å². The van der Waals surface area contributed by atoms with E-state index in [4.69, 9.17) is 23.2 Å². The number of halogens is 2. The minimum Gasteiger partial charge on any atom is -0.311 e. The minimum absolute atomic E-state index is 0.0620. The average Bonchev–Trinajstić information content (AvgIpc) is 2.32. The van der Waals surface area contributed by atoms with E-state index in [-0.39, 0.29) is 5.56 Å². The van der Waals surface area contributed by atoms with Gasteiger partial charge < -0.3 is 4.57 Å². The minimum atomic E-state index is -0.0620. The Bertz CT molecular complexity index is 581. The summed E-state index contributed by atoms with van der Waals surface area (Å²) >= 11 is 11.8. The maximum absolute atomic E-state index is 11.6. The van der Waals surface area contributed by atoms with Crippen LogP contribution in [0.1, 0.15) is 11.1 Å². The molecule has 2 aromatic rings. The van der Waals surface area contributed by atoms with Crippen LogP contribution in [0.15, 0.2) is 41.6 Å². The van der Waals surface area contributed by atoms with Crippen molar-refractivity contribution in [3.05, 3.63) is 63.3 Å². The molecular weight excluding hydrogens is 259 g/mol. The predicted octanol–water partition coefficient (Wildman–Crippen LogP) is 2.68. The molecule has 0 aliphatic carbocycles. The van der Waals surface area contributed by atoms with Gasteiger partial charge in [0, 0.05) is 30.5 Å². The lowest BCUT2D eigenvalue weighted by atomic mass is 10.1. The first-order valence-electron chi connectivity index (χ1n) is 5.05. The van der Waals surface area contributed by atoms with Crippen LogP contribution < -0.4 is 5.56 Å². The molecule has 17 heavy (non-hydrogen) atoms. The van der Waals surface area contributed by atoms with E-state index >= 15 is 0 Å². The van der Waals surface area contributed by atoms with Crippen molar-refractivity contribution >= 4 is 23.2 Å². The number of hydrogen-bond donors (Lipinski definition) is 0. The molecule has 0 amide bonds. The monoisotopic (exact) mass is 268 g/mol. The molecule has 0 bridgehead atoms. The highest BCUT2D eigenvalue weighted by Crippen LogP contribution is 2.21. The van der Waals surface area contributed by atoms with Gasteiger partial charge in [-0.3, -0.25) is 9.78 Å². The molecule has 0 aliphatic heterocycles. The van der Waals surface area contributed by atoms with E-state index in [9.17, 15) is 4.79 Å². The Kier molecular flexibility index (Phi) is 3.82. The molecule has 0 radical (unpaired) electrons. The van der Waals surface area contributed by atoms with Gasteiger partial charge in [-0.15, -0.1) is 11.6 Å². The van der Waals surface area contributed by atoms with E-state index < -0.39 is 0 Å². The first-order valence-corrected chi connectivity index (χ1v) is 5.96. The molecular formula is C12H10Cl2N2O. The summed E-state index contributed by atoms with van der Waals surface area (Å²) in [5.41, 5.74) is 1.62. The van der Waals surface area contributed by atoms with E-state index in [2.05, 4.69) is 4.98 Å². The van der Waals surface area contributed by atoms with Gasteiger partial charge in [0.05, 0.1) is 11.6 Å². The zero-order chi connectivity index (χ0) is 12.3. The van der Waals surface area contributed by atoms with Gasteiger partial charge in [0.25, 0.3) is 5.56 Å². The van der Waals surface area contributed by atoms with Crippen LogP contribution in [0.2, 0.25) is 5.02 Å². The molecule has 2 rings (SSSR count). The number of alkyl halides is 1. The molecule has 0 atom stereocenters. The maximum Gasteiger partial charge on any atom is 0.250 e. The molecule has 0 unspecified atom stereocenters. The summed E-state index contributed by atoms with van der Waals surface area (Å²) in [7, 11) is 0. The fraction of sp³-hybridized carbons (Fsp3) is 0.167. The summed E-state index contributed by atoms with van der Waals surface area (Å²) in [6.07, 6.45) is 4.96. The van der Waals surface area contributed by atoms with E-state index in [1.165, 1.54) is 6.07 Å². The molecule has 2 heterocycles. The molecule has 0 fully saturated rings. The Labute approximate surface area is 109 Å². The first kappa shape index (κ1) is 12.1. The number of aromatic nitrogens is 2. The van der Waals surface area contributed by atoms with Gasteiger partial charge in [-0.1, -0.05) is 17.7 Å². The fourth-order valence-electron chi connectivity index (χ4n) is 1.56. The van der Waals surface area contributed by atoms with Gasteiger partial charge in [0.2, 0.25) is 0 Å². The molecule has 5 heteroatoms. The van der Waals surface area contributed by atoms with Gasteiger partial charge >= 0.3 is 0 Å². The normalized spacial score (nSPS) is 10.5. The molecule has 3 nitrogen and oxygen atoms in total. The summed E-state index contributed by atoms with van der Waals surface area (Å²) in [4.78, 5) is 15.6. The van der Waals surface area contributed by atoms with E-state index in [0.29, 0.717) is 17.4 Å². The molecule has 2 aromatic heterocycles. The molecule has 0 aliphatic rings. The number of hydrogen-bond acceptors (Lipinski definition) is 2. The fourth-order valence-corrected chi connectivity index (χ4v) is 2.19. The van der Waals surface area contributed by atoms with Crippen LogP contribution in [0.4, 0.5) is 0 Å². The molecule has 0 aromatic carbocycles. The zero-order valence-corrected chi connectivity index (χ0v) is 10.4. The van der Waals surface area contributed by atoms with Gasteiger partial charge in [-0.05, 0) is 17.2 Å². The third-order valence-electron chi connectivity index (χ3n) is 2.47. The van der Waals surface area contributed by atoms with Crippen molar-refractivity contribution in [3.8, 4) is 0 Å². The lowest BCUT2D eigenvalue weighted by Crippen LogP contribution is -2.19. The van der Waals surface area contributed by atoms with Crippen molar-refractivity contribution in [3.63, 3.8) is 0 Å². The second-order valence-electron chi connectivity index (χ2n) is 3.56. The Hall–Kier alpha value is -1.32. The van der Waals surface area contributed by atoms with Crippen LogP contribution in [0.25, 0.3) is 0 Å². The molecule has 0 spiro atoms. The van der Waals surface area contributed by atoms with Gasteiger partial charge in [-0.2, -0.15) is 0 Å². The maximum atomic E-state index is 11.6. The Morgan fingerprint density at radius 1 is 1.29 bits per heavy atom. The highest BCUT2D eigenvalue weighted by Gasteiger charge is 2.07. The standard InChI is InChI=1S/C12H10Cl2N2O/c13-5-10-9(6-15-7-11(10)14)8-16-4-2-1-3-12(16)17/h1-4,6-7H,5,8H2. The Balaban J connectivity index is 2.40. The third kappa shape index (κ3) is 2.68. The van der Waals surface area contributed by atoms with Crippen molar-refractivity contribution in [2.24, 2.45) is 0 Å². The molecule has 88 valence electrons. The summed E-state index contributed by atoms with van der Waals surface area (Å²) in [5.74, 6) is 0.304. The number of rotatable bonds is 3. The lowest BCUT2D eigenvalue weighted by molar-refractivity contribution is 0.751. The summed E-state index contributed by atoms with van der Waals surface area (Å²) in [6.45, 7) is 0.426. The second-order valence-corrected chi connectivity index (χ2v) is 4.23. The van der Waals surface area contributed by atoms with Crippen LogP contribution in [-0.4, -0.2) is 9.55 Å². The first-order chi connectivity index (χ1) is 8.22. The molecule has 0 saturated carbocycles. The predicted molar refractivity (Wildman–Crippen MR) is 68.6 cm³/mol. The zero-order valence-electron chi connectivity index (χ0n) is 8.94. The smallest absolute Gasteiger partial charge is 0.250 e. The number of nitrogens with zero attached hydrogens (tertiary/aromatic N) is 2. The third-order valence-corrected chi connectivity index (χ3v) is 3.06. The molecule has 0 N–H and O–H groups in total. The van der Waals surface area contributed by atoms with E-state index in [1.807, 2.05) is 0 Å². The van der Waals surface area contributed by atoms with Crippen molar-refractivity contribution in [2.45, 2.75) is 12.4 Å². The van der Waals surface area contributed by atoms with Crippen LogP contribution in [0.3, 0.4) is 0 Å². The largest absolute Gasteiger partial charge is 0.311 e. The van der Waals surface area contributed by atoms with Gasteiger partial charge in [-0.25, -0.2) is 0 Å². The summed E-state index contributed by atoms with van der Waals surface area (Å²) in [5, 5.41) is 0.529. The van der Waals surface area contributed by atoms with Gasteiger partial charge in [0.1, 0.15) is 0 Å². The van der Waals surface area contributed by atoms with Crippen LogP contribution in [0.5, 0.6) is 0 Å². The SMILES string of the molecule is O=c1ccccn1Cc1cncc(Cl)c1CCl. The van der Waals surface area contributed by atoms with E-state index in [0.717, 1.165) is 11.1 Å². The Morgan fingerprint density at radius 3 is 2.82 bits per heavy atom. The van der Waals surface area contributed by atoms with Crippen LogP contribution >= 0.6 is 23.2 Å². The number of pyridine rings is 2. The van der Waals surface area contributed by atoms with Crippen molar-refractivity contribution < 1.29 is 0 Å².